The van der Waals surface area contributed by atoms with Crippen LogP contribution in [0.15, 0.2) is 79.3 Å². The lowest BCUT2D eigenvalue weighted by atomic mass is 10.1. The molecule has 0 spiro atoms. The van der Waals surface area contributed by atoms with E-state index in [9.17, 15) is 14.4 Å². The van der Waals surface area contributed by atoms with E-state index >= 15 is 0 Å². The molecule has 1 N–H and O–H groups in total. The van der Waals surface area contributed by atoms with E-state index < -0.39 is 17.7 Å². The van der Waals surface area contributed by atoms with Crippen LogP contribution in [-0.4, -0.2) is 39.1 Å². The van der Waals surface area contributed by atoms with Gasteiger partial charge in [-0.25, -0.2) is 4.90 Å². The van der Waals surface area contributed by atoms with Crippen LogP contribution in [-0.2, 0) is 6.54 Å². The van der Waals surface area contributed by atoms with Gasteiger partial charge >= 0.3 is 0 Å². The van der Waals surface area contributed by atoms with E-state index in [-0.39, 0.29) is 16.7 Å². The second kappa shape index (κ2) is 9.22. The van der Waals surface area contributed by atoms with E-state index in [1.54, 1.807) is 53.6 Å². The average Bonchev–Trinajstić information content (AvgIpc) is 3.41. The van der Waals surface area contributed by atoms with Gasteiger partial charge in [0.2, 0.25) is 0 Å². The number of carbonyl (C=O) groups excluding carboxylic acids is 3. The fourth-order valence-corrected chi connectivity index (χ4v) is 3.86. The molecule has 1 aliphatic rings. The van der Waals surface area contributed by atoms with Gasteiger partial charge in [-0.2, -0.15) is 5.10 Å². The number of ether oxygens (including phenoxy) is 1. The predicted octanol–water partition coefficient (Wildman–Crippen LogP) is 3.78. The second-order valence-corrected chi connectivity index (χ2v) is 7.85. The van der Waals surface area contributed by atoms with Crippen molar-refractivity contribution < 1.29 is 19.1 Å². The molecule has 174 valence electrons. The zero-order valence-corrected chi connectivity index (χ0v) is 18.8. The Labute approximate surface area is 201 Å². The molecule has 3 heterocycles. The molecule has 0 saturated heterocycles. The minimum absolute atomic E-state index is 0.179. The Morgan fingerprint density at radius 2 is 1.80 bits per heavy atom. The smallest absolute Gasteiger partial charge is 0.266 e. The molecule has 0 radical (unpaired) electrons. The molecule has 3 amide bonds. The van der Waals surface area contributed by atoms with Gasteiger partial charge in [-0.15, -0.1) is 0 Å². The highest BCUT2D eigenvalue weighted by Crippen LogP contribution is 2.30. The summed E-state index contributed by atoms with van der Waals surface area (Å²) in [5.74, 6) is -0.327. The molecule has 9 heteroatoms. The number of amides is 3. The van der Waals surface area contributed by atoms with Gasteiger partial charge in [-0.1, -0.05) is 6.07 Å². The maximum atomic E-state index is 13.0. The van der Waals surface area contributed by atoms with Crippen molar-refractivity contribution in [1.29, 1.82) is 0 Å². The molecule has 1 aliphatic heterocycles. The standard InChI is InChI=1S/C26H21N5O4/c1-2-35-20-8-6-19(7-9-20)31-25(33)21-10-5-18(14-22(21)26(31)34)24(32)28-23-11-13-30(29-23)16-17-4-3-12-27-15-17/h3-15H,2,16H2,1H3,(H,28,29,32). The van der Waals surface area contributed by atoms with E-state index in [1.165, 1.54) is 18.2 Å². The highest BCUT2D eigenvalue weighted by molar-refractivity contribution is 6.34. The normalized spacial score (nSPS) is 12.5. The number of hydrogen-bond donors (Lipinski definition) is 1. The summed E-state index contributed by atoms with van der Waals surface area (Å²) >= 11 is 0. The van der Waals surface area contributed by atoms with Gasteiger partial charge in [0.25, 0.3) is 17.7 Å². The summed E-state index contributed by atoms with van der Waals surface area (Å²) in [5, 5.41) is 7.09. The highest BCUT2D eigenvalue weighted by atomic mass is 16.5. The number of nitrogens with zero attached hydrogens (tertiary/aromatic N) is 4. The molecule has 0 saturated carbocycles. The Morgan fingerprint density at radius 3 is 2.54 bits per heavy atom. The van der Waals surface area contributed by atoms with E-state index in [0.29, 0.717) is 30.4 Å². The van der Waals surface area contributed by atoms with Crippen molar-refractivity contribution in [3.8, 4) is 5.75 Å². The van der Waals surface area contributed by atoms with Gasteiger partial charge < -0.3 is 10.1 Å². The van der Waals surface area contributed by atoms with Crippen LogP contribution in [0.4, 0.5) is 11.5 Å². The lowest BCUT2D eigenvalue weighted by molar-refractivity contribution is 0.0925. The maximum absolute atomic E-state index is 13.0. The largest absolute Gasteiger partial charge is 0.494 e. The molecule has 4 aromatic rings. The SMILES string of the molecule is CCOc1ccc(N2C(=O)c3ccc(C(=O)Nc4ccn(Cc5cccnc5)n4)cc3C2=O)cc1. The first-order valence-corrected chi connectivity index (χ1v) is 11.0. The van der Waals surface area contributed by atoms with E-state index in [1.807, 2.05) is 19.1 Å². The molecule has 0 bridgehead atoms. The third kappa shape index (κ3) is 4.39. The van der Waals surface area contributed by atoms with Gasteiger partial charge in [0.05, 0.1) is 30.0 Å². The number of pyridine rings is 1. The van der Waals surface area contributed by atoms with Crippen LogP contribution in [0.5, 0.6) is 5.75 Å². The van der Waals surface area contributed by atoms with Crippen LogP contribution in [0, 0.1) is 0 Å². The Bertz CT molecular complexity index is 1410. The topological polar surface area (TPSA) is 106 Å². The zero-order chi connectivity index (χ0) is 24.4. The van der Waals surface area contributed by atoms with Crippen LogP contribution in [0.1, 0.15) is 43.6 Å². The maximum Gasteiger partial charge on any atom is 0.266 e. The Balaban J connectivity index is 1.31. The first kappa shape index (κ1) is 22.0. The van der Waals surface area contributed by atoms with E-state index in [2.05, 4.69) is 15.4 Å². The molecular formula is C26H21N5O4. The van der Waals surface area contributed by atoms with Crippen LogP contribution in [0.2, 0.25) is 0 Å². The van der Waals surface area contributed by atoms with Crippen LogP contribution in [0.25, 0.3) is 0 Å². The van der Waals surface area contributed by atoms with Crippen molar-refractivity contribution in [2.75, 3.05) is 16.8 Å². The molecule has 2 aromatic carbocycles. The van der Waals surface area contributed by atoms with Crippen molar-refractivity contribution in [1.82, 2.24) is 14.8 Å². The van der Waals surface area contributed by atoms with Gasteiger partial charge in [0.15, 0.2) is 5.82 Å². The number of rotatable bonds is 7. The van der Waals surface area contributed by atoms with Gasteiger partial charge in [-0.3, -0.25) is 24.0 Å². The summed E-state index contributed by atoms with van der Waals surface area (Å²) in [7, 11) is 0. The van der Waals surface area contributed by atoms with Crippen molar-refractivity contribution in [2.24, 2.45) is 0 Å². The minimum Gasteiger partial charge on any atom is -0.494 e. The van der Waals surface area contributed by atoms with Crippen molar-refractivity contribution in [3.05, 3.63) is 102 Å². The lowest BCUT2D eigenvalue weighted by Crippen LogP contribution is -2.29. The molecule has 2 aromatic heterocycles. The fourth-order valence-electron chi connectivity index (χ4n) is 3.86. The number of carbonyl (C=O) groups is 3. The van der Waals surface area contributed by atoms with Gasteiger partial charge in [-0.05, 0) is 61.0 Å². The van der Waals surface area contributed by atoms with Gasteiger partial charge in [0.1, 0.15) is 5.75 Å². The number of imide groups is 1. The number of anilines is 2. The second-order valence-electron chi connectivity index (χ2n) is 7.85. The van der Waals surface area contributed by atoms with Gasteiger partial charge in [0, 0.05) is 30.2 Å². The Hall–Kier alpha value is -4.79. The zero-order valence-electron chi connectivity index (χ0n) is 18.8. The first-order chi connectivity index (χ1) is 17.0. The number of fused-ring (bicyclic) bond motifs is 1. The van der Waals surface area contributed by atoms with Crippen molar-refractivity contribution >= 4 is 29.2 Å². The molecule has 0 aliphatic carbocycles. The number of aromatic nitrogens is 3. The minimum atomic E-state index is -0.482. The van der Waals surface area contributed by atoms with Crippen molar-refractivity contribution in [3.63, 3.8) is 0 Å². The first-order valence-electron chi connectivity index (χ1n) is 11.0. The summed E-state index contributed by atoms with van der Waals surface area (Å²) in [4.78, 5) is 44.0. The van der Waals surface area contributed by atoms with Crippen LogP contribution < -0.4 is 15.0 Å². The third-order valence-electron chi connectivity index (χ3n) is 5.50. The number of nitrogens with one attached hydrogen (secondary N) is 1. The highest BCUT2D eigenvalue weighted by Gasteiger charge is 2.37. The predicted molar refractivity (Wildman–Crippen MR) is 129 cm³/mol. The van der Waals surface area contributed by atoms with E-state index in [0.717, 1.165) is 10.5 Å². The molecular weight excluding hydrogens is 446 g/mol. The number of benzene rings is 2. The average molecular weight is 467 g/mol. The molecule has 9 nitrogen and oxygen atoms in total. The number of hydrogen-bond acceptors (Lipinski definition) is 6. The van der Waals surface area contributed by atoms with E-state index in [4.69, 9.17) is 4.74 Å². The van der Waals surface area contributed by atoms with Crippen LogP contribution >= 0.6 is 0 Å². The Kier molecular flexibility index (Phi) is 5.80. The fraction of sp³-hybridized carbons (Fsp3) is 0.115. The monoisotopic (exact) mass is 467 g/mol. The summed E-state index contributed by atoms with van der Waals surface area (Å²) in [6.45, 7) is 2.91. The molecule has 0 fully saturated rings. The Morgan fingerprint density at radius 1 is 1.00 bits per heavy atom. The van der Waals surface area contributed by atoms with Crippen molar-refractivity contribution in [2.45, 2.75) is 13.5 Å². The summed E-state index contributed by atoms with van der Waals surface area (Å²) in [6.07, 6.45) is 5.20. The quantitative estimate of drug-likeness (QED) is 0.415. The summed E-state index contributed by atoms with van der Waals surface area (Å²) in [6, 6.07) is 16.6. The van der Waals surface area contributed by atoms with Crippen LogP contribution in [0.3, 0.4) is 0 Å². The summed E-state index contributed by atoms with van der Waals surface area (Å²) in [5.41, 5.74) is 2.09. The molecule has 0 atom stereocenters. The third-order valence-corrected chi connectivity index (χ3v) is 5.50. The lowest BCUT2D eigenvalue weighted by Gasteiger charge is -2.14. The molecule has 35 heavy (non-hydrogen) atoms. The summed E-state index contributed by atoms with van der Waals surface area (Å²) < 4.78 is 7.11. The molecule has 0 unspecified atom stereocenters. The molecule has 5 rings (SSSR count).